The molecule has 0 aliphatic carbocycles. The Morgan fingerprint density at radius 3 is 2.18 bits per heavy atom. The van der Waals surface area contributed by atoms with Gasteiger partial charge in [-0.15, -0.1) is 0 Å². The molecule has 0 spiro atoms. The Bertz CT molecular complexity index is 623. The molecule has 0 bridgehead atoms. The summed E-state index contributed by atoms with van der Waals surface area (Å²) in [6, 6.07) is 6.65. The molecule has 1 aromatic rings. The van der Waals surface area contributed by atoms with Crippen LogP contribution in [0, 0.1) is 0 Å². The maximum absolute atomic E-state index is 11.7. The van der Waals surface area contributed by atoms with Crippen LogP contribution in [-0.2, 0) is 14.8 Å². The SMILES string of the molecule is CCCS(=O)(=O)NCCN(C(C)=O)c1ccc(C(C)=O)cc1. The van der Waals surface area contributed by atoms with E-state index in [9.17, 15) is 18.0 Å². The van der Waals surface area contributed by atoms with Crippen molar-refractivity contribution in [3.63, 3.8) is 0 Å². The Balaban J connectivity index is 2.74. The van der Waals surface area contributed by atoms with Gasteiger partial charge < -0.3 is 4.90 Å². The monoisotopic (exact) mass is 326 g/mol. The molecule has 1 rings (SSSR count). The van der Waals surface area contributed by atoms with Crippen LogP contribution in [0.3, 0.4) is 0 Å². The van der Waals surface area contributed by atoms with Gasteiger partial charge >= 0.3 is 0 Å². The predicted octanol–water partition coefficient (Wildman–Crippen LogP) is 1.57. The number of anilines is 1. The summed E-state index contributed by atoms with van der Waals surface area (Å²) in [6.45, 7) is 5.06. The van der Waals surface area contributed by atoms with Crippen LogP contribution in [0.25, 0.3) is 0 Å². The third kappa shape index (κ3) is 5.57. The molecule has 0 unspecified atom stereocenters. The molecule has 6 nitrogen and oxygen atoms in total. The number of Topliss-reactive ketones (excluding diaryl/α,β-unsaturated/α-hetero) is 1. The van der Waals surface area contributed by atoms with Crippen LogP contribution in [0.5, 0.6) is 0 Å². The lowest BCUT2D eigenvalue weighted by molar-refractivity contribution is -0.116. The van der Waals surface area contributed by atoms with Gasteiger partial charge in [0.1, 0.15) is 0 Å². The van der Waals surface area contributed by atoms with E-state index in [0.717, 1.165) is 0 Å². The van der Waals surface area contributed by atoms with Crippen molar-refractivity contribution < 1.29 is 18.0 Å². The molecule has 0 aliphatic rings. The summed E-state index contributed by atoms with van der Waals surface area (Å²) in [6.07, 6.45) is 0.540. The second kappa shape index (κ2) is 8.05. The van der Waals surface area contributed by atoms with Crippen LogP contribution in [0.1, 0.15) is 37.6 Å². The second-order valence-corrected chi connectivity index (χ2v) is 6.91. The van der Waals surface area contributed by atoms with Gasteiger partial charge in [-0.1, -0.05) is 6.92 Å². The van der Waals surface area contributed by atoms with Crippen LogP contribution < -0.4 is 9.62 Å². The van der Waals surface area contributed by atoms with Crippen LogP contribution >= 0.6 is 0 Å². The molecule has 22 heavy (non-hydrogen) atoms. The molecule has 7 heteroatoms. The number of nitrogens with one attached hydrogen (secondary N) is 1. The van der Waals surface area contributed by atoms with Gasteiger partial charge in [-0.3, -0.25) is 9.59 Å². The zero-order chi connectivity index (χ0) is 16.8. The predicted molar refractivity (Wildman–Crippen MR) is 86.6 cm³/mol. The van der Waals surface area contributed by atoms with E-state index in [0.29, 0.717) is 17.7 Å². The molecule has 0 atom stereocenters. The average Bonchev–Trinajstić information content (AvgIpc) is 2.43. The highest BCUT2D eigenvalue weighted by Gasteiger charge is 2.14. The molecule has 122 valence electrons. The van der Waals surface area contributed by atoms with Crippen molar-refractivity contribution in [2.45, 2.75) is 27.2 Å². The first-order chi connectivity index (χ1) is 10.3. The Morgan fingerprint density at radius 1 is 1.14 bits per heavy atom. The number of hydrogen-bond donors (Lipinski definition) is 1. The van der Waals surface area contributed by atoms with Crippen LogP contribution in [0.2, 0.25) is 0 Å². The van der Waals surface area contributed by atoms with E-state index in [1.807, 2.05) is 0 Å². The summed E-state index contributed by atoms with van der Waals surface area (Å²) in [4.78, 5) is 24.4. The van der Waals surface area contributed by atoms with Crippen molar-refractivity contribution in [3.05, 3.63) is 29.8 Å². The Kier molecular flexibility index (Phi) is 6.70. The topological polar surface area (TPSA) is 83.6 Å². The van der Waals surface area contributed by atoms with Gasteiger partial charge in [0, 0.05) is 31.3 Å². The molecule has 0 aliphatic heterocycles. The number of sulfonamides is 1. The van der Waals surface area contributed by atoms with Crippen molar-refractivity contribution in [1.82, 2.24) is 4.72 Å². The average molecular weight is 326 g/mol. The Morgan fingerprint density at radius 2 is 1.73 bits per heavy atom. The van der Waals surface area contributed by atoms with Gasteiger partial charge in [-0.2, -0.15) is 0 Å². The summed E-state index contributed by atoms with van der Waals surface area (Å²) in [5.74, 6) is -0.168. The molecule has 1 amide bonds. The largest absolute Gasteiger partial charge is 0.311 e. The van der Waals surface area contributed by atoms with E-state index in [1.54, 1.807) is 31.2 Å². The summed E-state index contributed by atoms with van der Waals surface area (Å²) in [5.41, 5.74) is 1.20. The molecule has 0 heterocycles. The van der Waals surface area contributed by atoms with Crippen LogP contribution in [-0.4, -0.2) is 39.0 Å². The lowest BCUT2D eigenvalue weighted by Gasteiger charge is -2.21. The Hall–Kier alpha value is -1.73. The number of carbonyl (C=O) groups is 2. The smallest absolute Gasteiger partial charge is 0.223 e. The Labute approximate surface area is 131 Å². The quantitative estimate of drug-likeness (QED) is 0.735. The molecule has 0 fully saturated rings. The minimum absolute atomic E-state index is 0.0479. The number of nitrogens with zero attached hydrogens (tertiary/aromatic N) is 1. The standard InChI is InChI=1S/C15H22N2O4S/c1-4-11-22(20,21)16-9-10-17(13(3)19)15-7-5-14(6-8-15)12(2)18/h5-8,16H,4,9-11H2,1-3H3. The first kappa shape index (κ1) is 18.3. The number of amides is 1. The van der Waals surface area contributed by atoms with E-state index in [1.165, 1.54) is 18.7 Å². The van der Waals surface area contributed by atoms with Crippen molar-refractivity contribution in [2.24, 2.45) is 0 Å². The molecule has 1 aromatic carbocycles. The fourth-order valence-electron chi connectivity index (χ4n) is 2.00. The van der Waals surface area contributed by atoms with E-state index in [4.69, 9.17) is 0 Å². The molecule has 1 N–H and O–H groups in total. The maximum atomic E-state index is 11.7. The minimum atomic E-state index is -3.29. The van der Waals surface area contributed by atoms with Gasteiger partial charge in [-0.25, -0.2) is 13.1 Å². The number of hydrogen-bond acceptors (Lipinski definition) is 4. The first-order valence-corrected chi connectivity index (χ1v) is 8.78. The van der Waals surface area contributed by atoms with Crippen molar-refractivity contribution in [3.8, 4) is 0 Å². The van der Waals surface area contributed by atoms with Crippen molar-refractivity contribution in [1.29, 1.82) is 0 Å². The highest BCUT2D eigenvalue weighted by molar-refractivity contribution is 7.89. The van der Waals surface area contributed by atoms with Gasteiger partial charge in [-0.05, 0) is 37.6 Å². The van der Waals surface area contributed by atoms with Crippen LogP contribution in [0.4, 0.5) is 5.69 Å². The van der Waals surface area contributed by atoms with Crippen molar-refractivity contribution >= 4 is 27.4 Å². The lowest BCUT2D eigenvalue weighted by Crippen LogP contribution is -2.38. The lowest BCUT2D eigenvalue weighted by atomic mass is 10.1. The summed E-state index contributed by atoms with van der Waals surface area (Å²) >= 11 is 0. The fourth-order valence-corrected chi connectivity index (χ4v) is 3.08. The summed E-state index contributed by atoms with van der Waals surface area (Å²) in [7, 11) is -3.29. The number of carbonyl (C=O) groups excluding carboxylic acids is 2. The van der Waals surface area contributed by atoms with Gasteiger partial charge in [0.2, 0.25) is 15.9 Å². The third-order valence-electron chi connectivity index (χ3n) is 3.10. The third-order valence-corrected chi connectivity index (χ3v) is 4.69. The van der Waals surface area contributed by atoms with Crippen LogP contribution in [0.15, 0.2) is 24.3 Å². The fraction of sp³-hybridized carbons (Fsp3) is 0.467. The molecular weight excluding hydrogens is 304 g/mol. The van der Waals surface area contributed by atoms with E-state index in [-0.39, 0.29) is 30.5 Å². The maximum Gasteiger partial charge on any atom is 0.223 e. The second-order valence-electron chi connectivity index (χ2n) is 4.99. The highest BCUT2D eigenvalue weighted by Crippen LogP contribution is 2.15. The zero-order valence-corrected chi connectivity index (χ0v) is 13.9. The number of ketones is 1. The summed E-state index contributed by atoms with van der Waals surface area (Å²) in [5, 5.41) is 0. The zero-order valence-electron chi connectivity index (χ0n) is 13.1. The van der Waals surface area contributed by atoms with Gasteiger partial charge in [0.25, 0.3) is 0 Å². The van der Waals surface area contributed by atoms with E-state index >= 15 is 0 Å². The van der Waals surface area contributed by atoms with E-state index < -0.39 is 10.0 Å². The molecular formula is C15H22N2O4S. The van der Waals surface area contributed by atoms with Gasteiger partial charge in [0.05, 0.1) is 5.75 Å². The first-order valence-electron chi connectivity index (χ1n) is 7.13. The number of benzene rings is 1. The molecule has 0 radical (unpaired) electrons. The number of rotatable bonds is 8. The minimum Gasteiger partial charge on any atom is -0.311 e. The van der Waals surface area contributed by atoms with Gasteiger partial charge in [0.15, 0.2) is 5.78 Å². The molecule has 0 saturated carbocycles. The highest BCUT2D eigenvalue weighted by atomic mass is 32.2. The van der Waals surface area contributed by atoms with E-state index in [2.05, 4.69) is 4.72 Å². The van der Waals surface area contributed by atoms with Crippen molar-refractivity contribution in [2.75, 3.05) is 23.7 Å². The summed E-state index contributed by atoms with van der Waals surface area (Å²) < 4.78 is 25.6. The molecule has 0 saturated heterocycles. The normalized spacial score (nSPS) is 11.2. The molecule has 0 aromatic heterocycles.